The first kappa shape index (κ1) is 29.9. The Morgan fingerprint density at radius 3 is 2.20 bits per heavy atom. The number of nitrogens with one attached hydrogen (secondary N) is 1. The topological polar surface area (TPSA) is 38.3 Å². The summed E-state index contributed by atoms with van der Waals surface area (Å²) in [5.41, 5.74) is 12.6. The average molecular weight is 546 g/mol. The highest BCUT2D eigenvalue weighted by atomic mass is 16.5. The van der Waals surface area contributed by atoms with Crippen molar-refractivity contribution in [3.05, 3.63) is 124 Å². The summed E-state index contributed by atoms with van der Waals surface area (Å²) in [4.78, 5) is 13.3. The third-order valence-electron chi connectivity index (χ3n) is 8.32. The molecule has 0 heterocycles. The molecular weight excluding hydrogens is 502 g/mol. The molecule has 4 aromatic carbocycles. The van der Waals surface area contributed by atoms with E-state index >= 15 is 0 Å². The number of benzene rings is 4. The van der Waals surface area contributed by atoms with Crippen molar-refractivity contribution in [3.63, 3.8) is 0 Å². The number of hydrogen-bond donors (Lipinski definition) is 1. The second-order valence-corrected chi connectivity index (χ2v) is 11.1. The lowest BCUT2D eigenvalue weighted by molar-refractivity contribution is 0.102. The predicted octanol–water partition coefficient (Wildman–Crippen LogP) is 10.2. The lowest BCUT2D eigenvalue weighted by Gasteiger charge is -2.20. The highest BCUT2D eigenvalue weighted by molar-refractivity contribution is 6.04. The summed E-state index contributed by atoms with van der Waals surface area (Å²) in [7, 11) is 1.69. The second kappa shape index (κ2) is 13.5. The fraction of sp³-hybridized carbons (Fsp3) is 0.289. The molecule has 3 heteroatoms. The quantitative estimate of drug-likeness (QED) is 0.215. The Bertz CT molecular complexity index is 1530. The van der Waals surface area contributed by atoms with Crippen LogP contribution in [0.1, 0.15) is 91.6 Å². The summed E-state index contributed by atoms with van der Waals surface area (Å²) >= 11 is 0. The van der Waals surface area contributed by atoms with E-state index in [2.05, 4.69) is 95.4 Å². The number of ether oxygens (including phenoxy) is 1. The highest BCUT2D eigenvalue weighted by Crippen LogP contribution is 2.40. The van der Waals surface area contributed by atoms with Crippen LogP contribution in [0.5, 0.6) is 5.75 Å². The minimum Gasteiger partial charge on any atom is -0.496 e. The van der Waals surface area contributed by atoms with Gasteiger partial charge in [-0.1, -0.05) is 87.0 Å². The van der Waals surface area contributed by atoms with Crippen LogP contribution in [0.3, 0.4) is 0 Å². The van der Waals surface area contributed by atoms with E-state index in [1.54, 1.807) is 7.11 Å². The summed E-state index contributed by atoms with van der Waals surface area (Å²) in [5, 5.41) is 3.12. The van der Waals surface area contributed by atoms with Crippen molar-refractivity contribution >= 4 is 17.2 Å². The maximum Gasteiger partial charge on any atom is 0.255 e. The first-order chi connectivity index (χ1) is 19.7. The van der Waals surface area contributed by atoms with Gasteiger partial charge in [-0.25, -0.2) is 0 Å². The number of carbonyl (C=O) groups is 1. The van der Waals surface area contributed by atoms with Crippen molar-refractivity contribution in [3.8, 4) is 16.9 Å². The molecule has 212 valence electrons. The van der Waals surface area contributed by atoms with Gasteiger partial charge in [0, 0.05) is 22.9 Å². The third-order valence-corrected chi connectivity index (χ3v) is 8.32. The number of aryl methyl sites for hydroxylation is 1. The van der Waals surface area contributed by atoms with E-state index < -0.39 is 0 Å². The molecule has 0 spiro atoms. The highest BCUT2D eigenvalue weighted by Gasteiger charge is 2.19. The zero-order chi connectivity index (χ0) is 29.5. The molecule has 0 aliphatic carbocycles. The fourth-order valence-corrected chi connectivity index (χ4v) is 5.28. The molecule has 1 unspecified atom stereocenters. The Morgan fingerprint density at radius 2 is 1.56 bits per heavy atom. The van der Waals surface area contributed by atoms with Crippen LogP contribution in [-0.4, -0.2) is 13.0 Å². The van der Waals surface area contributed by atoms with Crippen LogP contribution in [-0.2, 0) is 6.42 Å². The summed E-state index contributed by atoms with van der Waals surface area (Å²) in [6.45, 7) is 13.2. The number of anilines is 1. The molecule has 0 fully saturated rings. The van der Waals surface area contributed by atoms with E-state index in [-0.39, 0.29) is 5.91 Å². The van der Waals surface area contributed by atoms with Crippen molar-refractivity contribution < 1.29 is 9.53 Å². The summed E-state index contributed by atoms with van der Waals surface area (Å²) in [6.07, 6.45) is 2.87. The summed E-state index contributed by atoms with van der Waals surface area (Å²) in [6, 6.07) is 29.0. The van der Waals surface area contributed by atoms with Crippen LogP contribution in [0, 0.1) is 6.92 Å². The molecule has 1 atom stereocenters. The minimum absolute atomic E-state index is 0.130. The zero-order valence-electron chi connectivity index (χ0n) is 25.6. The number of allylic oxidation sites excluding steroid dienone is 2. The van der Waals surface area contributed by atoms with Crippen molar-refractivity contribution in [2.24, 2.45) is 0 Å². The fourth-order valence-electron chi connectivity index (χ4n) is 5.28. The lowest BCUT2D eigenvalue weighted by Crippen LogP contribution is -2.13. The molecule has 0 saturated carbocycles. The van der Waals surface area contributed by atoms with Crippen LogP contribution >= 0.6 is 0 Å². The molecule has 0 radical (unpaired) electrons. The van der Waals surface area contributed by atoms with E-state index in [0.29, 0.717) is 11.5 Å². The van der Waals surface area contributed by atoms with Gasteiger partial charge in [0.05, 0.1) is 7.11 Å². The summed E-state index contributed by atoms with van der Waals surface area (Å²) < 4.78 is 5.83. The van der Waals surface area contributed by atoms with Crippen LogP contribution < -0.4 is 10.1 Å². The molecule has 4 rings (SSSR count). The van der Waals surface area contributed by atoms with Gasteiger partial charge in [-0.15, -0.1) is 0 Å². The van der Waals surface area contributed by atoms with Gasteiger partial charge in [0.1, 0.15) is 5.75 Å². The molecule has 4 aromatic rings. The van der Waals surface area contributed by atoms with E-state index in [1.165, 1.54) is 39.0 Å². The van der Waals surface area contributed by atoms with Gasteiger partial charge in [0.25, 0.3) is 5.91 Å². The molecule has 0 aliphatic heterocycles. The maximum absolute atomic E-state index is 13.3. The SMILES string of the molecule is CC/C(C)=C(/C)c1cc(Cc2ccc(C(=O)Nc3cc(OC)c(-c4ccccc4)c(C(C)CC)c3)cc2)ccc1C. The van der Waals surface area contributed by atoms with Gasteiger partial charge < -0.3 is 10.1 Å². The number of hydrogen-bond acceptors (Lipinski definition) is 2. The predicted molar refractivity (Wildman–Crippen MR) is 174 cm³/mol. The Kier molecular flexibility index (Phi) is 9.83. The average Bonchev–Trinajstić information content (AvgIpc) is 3.01. The van der Waals surface area contributed by atoms with Crippen molar-refractivity contribution in [2.45, 2.75) is 66.7 Å². The standard InChI is InChI=1S/C38H43NO2/c1-8-25(3)28(6)34-22-30(16-15-27(34)5)21-29-17-19-32(20-18-29)38(40)39-33-23-35(26(4)9-2)37(36(24-33)41-7)31-13-11-10-12-14-31/h10-20,22-24,26H,8-9,21H2,1-7H3,(H,39,40)/b28-25-. The third kappa shape index (κ3) is 6.97. The van der Waals surface area contributed by atoms with Crippen molar-refractivity contribution in [1.29, 1.82) is 0 Å². The number of carbonyl (C=O) groups excluding carboxylic acids is 1. The molecular formula is C38H43NO2. The monoisotopic (exact) mass is 545 g/mol. The van der Waals surface area contributed by atoms with Gasteiger partial charge >= 0.3 is 0 Å². The van der Waals surface area contributed by atoms with Crippen molar-refractivity contribution in [1.82, 2.24) is 0 Å². The minimum atomic E-state index is -0.130. The van der Waals surface area contributed by atoms with Gasteiger partial charge in [-0.3, -0.25) is 4.79 Å². The van der Waals surface area contributed by atoms with E-state index in [4.69, 9.17) is 4.74 Å². The zero-order valence-corrected chi connectivity index (χ0v) is 25.6. The van der Waals surface area contributed by atoms with Gasteiger partial charge in [-0.2, -0.15) is 0 Å². The molecule has 3 nitrogen and oxygen atoms in total. The number of methoxy groups -OCH3 is 1. The Morgan fingerprint density at radius 1 is 0.878 bits per heavy atom. The maximum atomic E-state index is 13.3. The first-order valence-corrected chi connectivity index (χ1v) is 14.7. The lowest BCUT2D eigenvalue weighted by atomic mass is 9.89. The molecule has 0 aromatic heterocycles. The van der Waals surface area contributed by atoms with Gasteiger partial charge in [-0.05, 0) is 103 Å². The largest absolute Gasteiger partial charge is 0.496 e. The molecule has 0 aliphatic rings. The molecule has 0 bridgehead atoms. The smallest absolute Gasteiger partial charge is 0.255 e. The van der Waals surface area contributed by atoms with Crippen LogP contribution in [0.15, 0.2) is 90.5 Å². The molecule has 0 saturated heterocycles. The van der Waals surface area contributed by atoms with Gasteiger partial charge in [0.2, 0.25) is 0 Å². The van der Waals surface area contributed by atoms with Crippen molar-refractivity contribution in [2.75, 3.05) is 12.4 Å². The van der Waals surface area contributed by atoms with E-state index in [9.17, 15) is 4.79 Å². The molecule has 41 heavy (non-hydrogen) atoms. The van der Waals surface area contributed by atoms with Crippen LogP contribution in [0.2, 0.25) is 0 Å². The Hall–Kier alpha value is -4.11. The van der Waals surface area contributed by atoms with E-state index in [0.717, 1.165) is 41.8 Å². The van der Waals surface area contributed by atoms with Crippen LogP contribution in [0.4, 0.5) is 5.69 Å². The summed E-state index contributed by atoms with van der Waals surface area (Å²) in [5.74, 6) is 0.939. The first-order valence-electron chi connectivity index (χ1n) is 14.7. The van der Waals surface area contributed by atoms with Gasteiger partial charge in [0.15, 0.2) is 0 Å². The normalized spacial score (nSPS) is 12.5. The molecule has 1 amide bonds. The Balaban J connectivity index is 1.55. The second-order valence-electron chi connectivity index (χ2n) is 11.1. The Labute approximate surface area is 246 Å². The molecule has 1 N–H and O–H groups in total. The van der Waals surface area contributed by atoms with Crippen LogP contribution in [0.25, 0.3) is 16.7 Å². The number of rotatable bonds is 10. The number of amides is 1. The van der Waals surface area contributed by atoms with E-state index in [1.807, 2.05) is 36.4 Å².